The van der Waals surface area contributed by atoms with Crippen molar-refractivity contribution in [2.45, 2.75) is 50.0 Å². The average Bonchev–Trinajstić information content (AvgIpc) is 2.78. The minimum Gasteiger partial charge on any atom is -0.389 e. The van der Waals surface area contributed by atoms with Crippen LogP contribution in [0.4, 0.5) is 0 Å². The van der Waals surface area contributed by atoms with Gasteiger partial charge in [0.1, 0.15) is 0 Å². The van der Waals surface area contributed by atoms with E-state index in [1.807, 2.05) is 20.8 Å². The smallest absolute Gasteiger partial charge is 0.240 e. The number of benzene rings is 1. The third-order valence-electron chi connectivity index (χ3n) is 3.64. The first-order valence-corrected chi connectivity index (χ1v) is 8.90. The molecule has 1 heterocycles. The lowest BCUT2D eigenvalue weighted by Gasteiger charge is -2.20. The maximum Gasteiger partial charge on any atom is 0.240 e. The van der Waals surface area contributed by atoms with E-state index >= 15 is 0 Å². The van der Waals surface area contributed by atoms with Gasteiger partial charge in [-0.2, -0.15) is 0 Å². The van der Waals surface area contributed by atoms with Gasteiger partial charge in [0.15, 0.2) is 0 Å². The predicted molar refractivity (Wildman–Crippen MR) is 84.2 cm³/mol. The maximum atomic E-state index is 12.2. The highest BCUT2D eigenvalue weighted by atomic mass is 32.2. The van der Waals surface area contributed by atoms with Crippen molar-refractivity contribution in [2.24, 2.45) is 0 Å². The van der Waals surface area contributed by atoms with Crippen LogP contribution in [-0.2, 0) is 14.8 Å². The summed E-state index contributed by atoms with van der Waals surface area (Å²) in [4.78, 5) is 0.211. The molecule has 1 aliphatic rings. The fourth-order valence-corrected chi connectivity index (χ4v) is 3.48. The molecule has 0 aromatic heterocycles. The number of rotatable bonds is 6. The molecule has 6 nitrogen and oxygen atoms in total. The van der Waals surface area contributed by atoms with E-state index in [9.17, 15) is 13.5 Å². The molecular weight excluding hydrogens is 304 g/mol. The molecule has 0 spiro atoms. The van der Waals surface area contributed by atoms with Gasteiger partial charge in [-0.3, -0.25) is 0 Å². The number of aliphatic hydroxyl groups is 1. The topological polar surface area (TPSA) is 87.7 Å². The Morgan fingerprint density at radius 1 is 1.32 bits per heavy atom. The van der Waals surface area contributed by atoms with E-state index in [0.29, 0.717) is 6.61 Å². The third-order valence-corrected chi connectivity index (χ3v) is 5.08. The van der Waals surface area contributed by atoms with E-state index in [0.717, 1.165) is 5.56 Å². The normalized spacial score (nSPS) is 25.8. The number of aliphatic hydroxyl groups excluding tert-OH is 1. The van der Waals surface area contributed by atoms with Gasteiger partial charge in [0.05, 0.1) is 29.8 Å². The van der Waals surface area contributed by atoms with Crippen molar-refractivity contribution in [1.82, 2.24) is 10.0 Å². The first-order chi connectivity index (χ1) is 10.3. The van der Waals surface area contributed by atoms with Crippen LogP contribution in [-0.4, -0.2) is 51.0 Å². The molecule has 1 saturated heterocycles. The highest BCUT2D eigenvalue weighted by molar-refractivity contribution is 7.89. The Balaban J connectivity index is 1.94. The van der Waals surface area contributed by atoms with E-state index in [-0.39, 0.29) is 23.5 Å². The molecule has 3 unspecified atom stereocenters. The summed E-state index contributed by atoms with van der Waals surface area (Å²) in [7, 11) is -3.59. The number of ether oxygens (including phenoxy) is 1. The van der Waals surface area contributed by atoms with Gasteiger partial charge in [-0.15, -0.1) is 0 Å². The number of sulfonamides is 1. The first-order valence-electron chi connectivity index (χ1n) is 7.41. The summed E-state index contributed by atoms with van der Waals surface area (Å²) in [5, 5.41) is 13.4. The zero-order chi connectivity index (χ0) is 16.3. The number of nitrogens with one attached hydrogen (secondary N) is 2. The second-order valence-electron chi connectivity index (χ2n) is 5.96. The molecule has 2 rings (SSSR count). The van der Waals surface area contributed by atoms with E-state index in [1.165, 1.54) is 0 Å². The van der Waals surface area contributed by atoms with Gasteiger partial charge < -0.3 is 15.2 Å². The first kappa shape index (κ1) is 17.4. The number of hydrogen-bond acceptors (Lipinski definition) is 5. The standard InChI is InChI=1S/C15H24N2O4S/c1-10(2)17-13-9-21-14(15(13)18)8-16-22(19,20)12-6-4-11(3)5-7-12/h4-7,10,13-18H,8-9H2,1-3H3. The largest absolute Gasteiger partial charge is 0.389 e. The maximum absolute atomic E-state index is 12.2. The fraction of sp³-hybridized carbons (Fsp3) is 0.600. The molecule has 1 aromatic carbocycles. The molecule has 3 atom stereocenters. The Kier molecular flexibility index (Phi) is 5.57. The van der Waals surface area contributed by atoms with Crippen LogP contribution < -0.4 is 10.0 Å². The van der Waals surface area contributed by atoms with Crippen molar-refractivity contribution in [2.75, 3.05) is 13.2 Å². The van der Waals surface area contributed by atoms with Crippen molar-refractivity contribution >= 4 is 10.0 Å². The molecule has 0 bridgehead atoms. The van der Waals surface area contributed by atoms with Crippen LogP contribution >= 0.6 is 0 Å². The molecular formula is C15H24N2O4S. The fourth-order valence-electron chi connectivity index (χ4n) is 2.43. The van der Waals surface area contributed by atoms with Gasteiger partial charge >= 0.3 is 0 Å². The Hall–Kier alpha value is -0.990. The van der Waals surface area contributed by atoms with E-state index < -0.39 is 22.2 Å². The van der Waals surface area contributed by atoms with Crippen molar-refractivity contribution in [3.8, 4) is 0 Å². The van der Waals surface area contributed by atoms with Crippen LogP contribution in [0.1, 0.15) is 19.4 Å². The summed E-state index contributed by atoms with van der Waals surface area (Å²) in [5.41, 5.74) is 0.996. The predicted octanol–water partition coefficient (Wildman–Crippen LogP) is 0.400. The van der Waals surface area contributed by atoms with Gasteiger partial charge in [-0.1, -0.05) is 31.5 Å². The summed E-state index contributed by atoms with van der Waals surface area (Å²) in [6.45, 7) is 6.29. The molecule has 22 heavy (non-hydrogen) atoms. The molecule has 1 aromatic rings. The van der Waals surface area contributed by atoms with Crippen LogP contribution in [0.2, 0.25) is 0 Å². The van der Waals surface area contributed by atoms with E-state index in [2.05, 4.69) is 10.0 Å². The van der Waals surface area contributed by atoms with Gasteiger partial charge in [0, 0.05) is 12.6 Å². The van der Waals surface area contributed by atoms with Crippen molar-refractivity contribution < 1.29 is 18.3 Å². The van der Waals surface area contributed by atoms with Crippen molar-refractivity contribution in [1.29, 1.82) is 0 Å². The lowest BCUT2D eigenvalue weighted by Crippen LogP contribution is -2.46. The molecule has 1 aliphatic heterocycles. The second kappa shape index (κ2) is 7.06. The Bertz CT molecular complexity index is 586. The van der Waals surface area contributed by atoms with Crippen molar-refractivity contribution in [3.63, 3.8) is 0 Å². The number of aryl methyl sites for hydroxylation is 1. The SMILES string of the molecule is Cc1ccc(S(=O)(=O)NCC2OCC(NC(C)C)C2O)cc1. The summed E-state index contributed by atoms with van der Waals surface area (Å²) >= 11 is 0. The summed E-state index contributed by atoms with van der Waals surface area (Å²) in [6, 6.07) is 6.68. The summed E-state index contributed by atoms with van der Waals surface area (Å²) < 4.78 is 32.4. The molecule has 0 saturated carbocycles. The van der Waals surface area contributed by atoms with Crippen LogP contribution in [0, 0.1) is 6.92 Å². The van der Waals surface area contributed by atoms with Gasteiger partial charge in [0.2, 0.25) is 10.0 Å². The molecule has 0 radical (unpaired) electrons. The average molecular weight is 328 g/mol. The Labute approximate surface area is 131 Å². The zero-order valence-electron chi connectivity index (χ0n) is 13.1. The highest BCUT2D eigenvalue weighted by Crippen LogP contribution is 2.16. The molecule has 0 amide bonds. The quantitative estimate of drug-likeness (QED) is 0.703. The van der Waals surface area contributed by atoms with E-state index in [4.69, 9.17) is 4.74 Å². The Morgan fingerprint density at radius 2 is 1.95 bits per heavy atom. The Morgan fingerprint density at radius 3 is 2.55 bits per heavy atom. The number of hydrogen-bond donors (Lipinski definition) is 3. The molecule has 0 aliphatic carbocycles. The van der Waals surface area contributed by atoms with Crippen LogP contribution in [0.15, 0.2) is 29.2 Å². The monoisotopic (exact) mass is 328 g/mol. The van der Waals surface area contributed by atoms with E-state index in [1.54, 1.807) is 24.3 Å². The molecule has 7 heteroatoms. The van der Waals surface area contributed by atoms with Gasteiger partial charge in [0.25, 0.3) is 0 Å². The minimum absolute atomic E-state index is 0.0493. The van der Waals surface area contributed by atoms with Gasteiger partial charge in [-0.25, -0.2) is 13.1 Å². The van der Waals surface area contributed by atoms with Gasteiger partial charge in [-0.05, 0) is 19.1 Å². The van der Waals surface area contributed by atoms with Crippen molar-refractivity contribution in [3.05, 3.63) is 29.8 Å². The minimum atomic E-state index is -3.59. The third kappa shape index (κ3) is 4.27. The van der Waals surface area contributed by atoms with Crippen LogP contribution in [0.5, 0.6) is 0 Å². The highest BCUT2D eigenvalue weighted by Gasteiger charge is 2.36. The summed E-state index contributed by atoms with van der Waals surface area (Å²) in [6.07, 6.45) is -1.28. The zero-order valence-corrected chi connectivity index (χ0v) is 13.9. The van der Waals surface area contributed by atoms with Crippen LogP contribution in [0.25, 0.3) is 0 Å². The van der Waals surface area contributed by atoms with Crippen LogP contribution in [0.3, 0.4) is 0 Å². The summed E-state index contributed by atoms with van der Waals surface area (Å²) in [5.74, 6) is 0. The molecule has 1 fully saturated rings. The second-order valence-corrected chi connectivity index (χ2v) is 7.72. The lowest BCUT2D eigenvalue weighted by molar-refractivity contribution is 0.0441. The molecule has 3 N–H and O–H groups in total. The lowest BCUT2D eigenvalue weighted by atomic mass is 10.1. The molecule has 124 valence electrons.